The first kappa shape index (κ1) is 18.0. The summed E-state index contributed by atoms with van der Waals surface area (Å²) in [6.45, 7) is 1.82. The summed E-state index contributed by atoms with van der Waals surface area (Å²) in [5.41, 5.74) is 1.19. The van der Waals surface area contributed by atoms with Gasteiger partial charge in [-0.3, -0.25) is 9.52 Å². The van der Waals surface area contributed by atoms with E-state index in [-0.39, 0.29) is 15.9 Å². The number of benzene rings is 1. The van der Waals surface area contributed by atoms with E-state index in [0.29, 0.717) is 11.5 Å². The molecule has 3 heterocycles. The summed E-state index contributed by atoms with van der Waals surface area (Å²) in [5.74, 6) is -0.245. The molecule has 3 aromatic heterocycles. The number of carbonyl (C=O) groups is 1. The molecule has 1 aromatic carbocycles. The highest BCUT2D eigenvalue weighted by atomic mass is 32.2. The topological polar surface area (TPSA) is 131 Å². The molecule has 4 rings (SSSR count). The Kier molecular flexibility index (Phi) is 4.49. The van der Waals surface area contributed by atoms with E-state index >= 15 is 0 Å². The Balaban J connectivity index is 1.50. The molecule has 0 aliphatic heterocycles. The number of nitrogens with one attached hydrogen (secondary N) is 2. The third-order valence-electron chi connectivity index (χ3n) is 3.71. The predicted molar refractivity (Wildman–Crippen MR) is 103 cm³/mol. The van der Waals surface area contributed by atoms with Crippen molar-refractivity contribution in [3.8, 4) is 0 Å². The molecule has 0 aliphatic rings. The van der Waals surface area contributed by atoms with Gasteiger partial charge in [0.1, 0.15) is 0 Å². The number of thiazole rings is 1. The van der Waals surface area contributed by atoms with Crippen LogP contribution in [0.1, 0.15) is 16.3 Å². The third kappa shape index (κ3) is 3.54. The van der Waals surface area contributed by atoms with E-state index in [1.807, 2.05) is 6.92 Å². The summed E-state index contributed by atoms with van der Waals surface area (Å²) in [5, 5.41) is 8.70. The maximum atomic E-state index is 12.4. The molecule has 10 nitrogen and oxygen atoms in total. The number of nitrogens with zero attached hydrogens (tertiary/aromatic N) is 5. The second-order valence-electron chi connectivity index (χ2n) is 5.65. The maximum Gasteiger partial charge on any atom is 0.295 e. The molecule has 4 aromatic rings. The lowest BCUT2D eigenvalue weighted by Gasteiger charge is -2.07. The van der Waals surface area contributed by atoms with Crippen molar-refractivity contribution in [2.45, 2.75) is 11.8 Å². The Labute approximate surface area is 163 Å². The number of hydrogen-bond donors (Lipinski definition) is 2. The van der Waals surface area contributed by atoms with E-state index in [4.69, 9.17) is 0 Å². The highest BCUT2D eigenvalue weighted by Crippen LogP contribution is 2.19. The fourth-order valence-electron chi connectivity index (χ4n) is 2.35. The standard InChI is InChI=1S/C16H13N7O3S2/c1-10-6-7-17-15-20-13(21-23(10)15)14(24)19-11-2-4-12(5-3-11)28(25,26)22-16-18-8-9-27-16/h2-9H,1H3,(H,18,22)(H,19,24). The zero-order valence-electron chi connectivity index (χ0n) is 14.4. The van der Waals surface area contributed by atoms with Crippen molar-refractivity contribution in [2.24, 2.45) is 0 Å². The highest BCUT2D eigenvalue weighted by molar-refractivity contribution is 7.93. The first-order valence-electron chi connectivity index (χ1n) is 7.94. The molecule has 28 heavy (non-hydrogen) atoms. The molecule has 12 heteroatoms. The SMILES string of the molecule is Cc1ccnc2nc(C(=O)Nc3ccc(S(=O)(=O)Nc4nccs4)cc3)nn12. The number of aromatic nitrogens is 5. The van der Waals surface area contributed by atoms with Gasteiger partial charge in [0, 0.05) is 29.2 Å². The lowest BCUT2D eigenvalue weighted by Crippen LogP contribution is -2.15. The van der Waals surface area contributed by atoms with Crippen molar-refractivity contribution in [1.29, 1.82) is 0 Å². The van der Waals surface area contributed by atoms with E-state index in [1.54, 1.807) is 17.6 Å². The Morgan fingerprint density at radius 1 is 1.11 bits per heavy atom. The van der Waals surface area contributed by atoms with E-state index in [9.17, 15) is 13.2 Å². The Hall–Kier alpha value is -3.38. The summed E-state index contributed by atoms with van der Waals surface area (Å²) < 4.78 is 28.5. The van der Waals surface area contributed by atoms with Crippen LogP contribution >= 0.6 is 11.3 Å². The van der Waals surface area contributed by atoms with Crippen molar-refractivity contribution >= 4 is 43.9 Å². The van der Waals surface area contributed by atoms with Crippen molar-refractivity contribution in [3.05, 3.63) is 59.6 Å². The Morgan fingerprint density at radius 3 is 2.57 bits per heavy atom. The van der Waals surface area contributed by atoms with Gasteiger partial charge in [0.05, 0.1) is 4.90 Å². The minimum atomic E-state index is -3.75. The van der Waals surface area contributed by atoms with Gasteiger partial charge in [-0.2, -0.15) is 4.98 Å². The molecule has 0 spiro atoms. The number of rotatable bonds is 5. The average Bonchev–Trinajstić information content (AvgIpc) is 3.32. The summed E-state index contributed by atoms with van der Waals surface area (Å²) in [7, 11) is -3.75. The number of aryl methyl sites for hydroxylation is 1. The van der Waals surface area contributed by atoms with Crippen LogP contribution < -0.4 is 10.0 Å². The molecule has 0 saturated carbocycles. The third-order valence-corrected chi connectivity index (χ3v) is 5.88. The number of sulfonamides is 1. The van der Waals surface area contributed by atoms with Gasteiger partial charge in [0.25, 0.3) is 21.7 Å². The second kappa shape index (κ2) is 6.98. The molecule has 2 N–H and O–H groups in total. The van der Waals surface area contributed by atoms with Gasteiger partial charge in [-0.1, -0.05) is 0 Å². The monoisotopic (exact) mass is 415 g/mol. The largest absolute Gasteiger partial charge is 0.319 e. The molecular weight excluding hydrogens is 402 g/mol. The maximum absolute atomic E-state index is 12.4. The van der Waals surface area contributed by atoms with Gasteiger partial charge in [-0.25, -0.2) is 22.9 Å². The second-order valence-corrected chi connectivity index (χ2v) is 8.23. The Bertz CT molecular complexity index is 1250. The zero-order chi connectivity index (χ0) is 19.7. The summed E-state index contributed by atoms with van der Waals surface area (Å²) in [4.78, 5) is 24.5. The summed E-state index contributed by atoms with van der Waals surface area (Å²) in [6.07, 6.45) is 3.09. The minimum Gasteiger partial charge on any atom is -0.319 e. The van der Waals surface area contributed by atoms with Crippen LogP contribution in [0.3, 0.4) is 0 Å². The first-order valence-corrected chi connectivity index (χ1v) is 10.3. The van der Waals surface area contributed by atoms with Crippen molar-refractivity contribution in [2.75, 3.05) is 10.0 Å². The van der Waals surface area contributed by atoms with E-state index in [1.165, 1.54) is 46.3 Å². The minimum absolute atomic E-state index is 0.0380. The van der Waals surface area contributed by atoms with Crippen LogP contribution in [-0.4, -0.2) is 38.9 Å². The van der Waals surface area contributed by atoms with Crippen LogP contribution in [0.25, 0.3) is 5.78 Å². The van der Waals surface area contributed by atoms with E-state index in [2.05, 4.69) is 30.1 Å². The van der Waals surface area contributed by atoms with E-state index < -0.39 is 15.9 Å². The lowest BCUT2D eigenvalue weighted by molar-refractivity contribution is 0.101. The molecule has 0 aliphatic carbocycles. The summed E-state index contributed by atoms with van der Waals surface area (Å²) >= 11 is 1.18. The number of hydrogen-bond acceptors (Lipinski definition) is 8. The van der Waals surface area contributed by atoms with Crippen LogP contribution in [-0.2, 0) is 10.0 Å². The number of carbonyl (C=O) groups excluding carboxylic acids is 1. The van der Waals surface area contributed by atoms with Gasteiger partial charge >= 0.3 is 0 Å². The smallest absolute Gasteiger partial charge is 0.295 e. The van der Waals surface area contributed by atoms with Gasteiger partial charge in [-0.05, 0) is 37.3 Å². The number of fused-ring (bicyclic) bond motifs is 1. The van der Waals surface area contributed by atoms with Gasteiger partial charge in [0.2, 0.25) is 5.82 Å². The predicted octanol–water partition coefficient (Wildman–Crippen LogP) is 1.94. The molecule has 0 unspecified atom stereocenters. The lowest BCUT2D eigenvalue weighted by atomic mass is 10.3. The molecule has 0 fully saturated rings. The quantitative estimate of drug-likeness (QED) is 0.509. The normalized spacial score (nSPS) is 11.5. The first-order chi connectivity index (χ1) is 13.4. The Morgan fingerprint density at radius 2 is 1.89 bits per heavy atom. The summed E-state index contributed by atoms with van der Waals surface area (Å²) in [6, 6.07) is 7.48. The fourth-order valence-corrected chi connectivity index (χ4v) is 4.14. The molecule has 0 radical (unpaired) electrons. The van der Waals surface area contributed by atoms with Crippen molar-refractivity contribution in [1.82, 2.24) is 24.6 Å². The van der Waals surface area contributed by atoms with Crippen LogP contribution in [0, 0.1) is 6.92 Å². The van der Waals surface area contributed by atoms with E-state index in [0.717, 1.165) is 5.69 Å². The highest BCUT2D eigenvalue weighted by Gasteiger charge is 2.17. The van der Waals surface area contributed by atoms with Gasteiger partial charge in [-0.15, -0.1) is 16.4 Å². The van der Waals surface area contributed by atoms with Crippen LogP contribution in [0.4, 0.5) is 10.8 Å². The van der Waals surface area contributed by atoms with Crippen LogP contribution in [0.2, 0.25) is 0 Å². The molecule has 0 bridgehead atoms. The zero-order valence-corrected chi connectivity index (χ0v) is 16.0. The molecule has 142 valence electrons. The number of anilines is 2. The average molecular weight is 415 g/mol. The number of amides is 1. The van der Waals surface area contributed by atoms with Gasteiger partial charge in [0.15, 0.2) is 5.13 Å². The van der Waals surface area contributed by atoms with Crippen molar-refractivity contribution in [3.63, 3.8) is 0 Å². The van der Waals surface area contributed by atoms with Gasteiger partial charge < -0.3 is 5.32 Å². The molecule has 1 amide bonds. The molecule has 0 atom stereocenters. The van der Waals surface area contributed by atoms with Crippen molar-refractivity contribution < 1.29 is 13.2 Å². The van der Waals surface area contributed by atoms with Crippen LogP contribution in [0.15, 0.2) is 53.0 Å². The fraction of sp³-hybridized carbons (Fsp3) is 0.0625. The molecular formula is C16H13N7O3S2. The van der Waals surface area contributed by atoms with Crippen LogP contribution in [0.5, 0.6) is 0 Å². The molecule has 0 saturated heterocycles.